The molecule has 2 atom stereocenters. The van der Waals surface area contributed by atoms with E-state index in [0.717, 1.165) is 0 Å². The van der Waals surface area contributed by atoms with Crippen molar-refractivity contribution in [3.8, 4) is 0 Å². The smallest absolute Gasteiger partial charge is 0.269 e. The molecule has 2 spiro atoms. The highest BCUT2D eigenvalue weighted by Gasteiger charge is 2.81. The summed E-state index contributed by atoms with van der Waals surface area (Å²) in [5.74, 6) is -4.04. The number of nitro groups is 2. The summed E-state index contributed by atoms with van der Waals surface area (Å²) in [6.45, 7) is 0. The maximum absolute atomic E-state index is 15.3. The van der Waals surface area contributed by atoms with Gasteiger partial charge in [0.05, 0.1) is 15.9 Å². The third-order valence-electron chi connectivity index (χ3n) is 10.1. The van der Waals surface area contributed by atoms with Crippen molar-refractivity contribution in [3.05, 3.63) is 181 Å². The minimum Gasteiger partial charge on any atom is -0.343 e. The number of nitro benzene ring substituents is 2. The topological polar surface area (TPSA) is 158 Å². The second-order valence-corrected chi connectivity index (χ2v) is 12.3. The van der Waals surface area contributed by atoms with Crippen LogP contribution in [0.2, 0.25) is 0 Å². The fourth-order valence-electron chi connectivity index (χ4n) is 8.27. The highest BCUT2D eigenvalue weighted by Crippen LogP contribution is 2.69. The van der Waals surface area contributed by atoms with Gasteiger partial charge in [0.1, 0.15) is 5.41 Å². The Morgan fingerprint density at radius 3 is 1.31 bits per heavy atom. The summed E-state index contributed by atoms with van der Waals surface area (Å²) in [7, 11) is 0. The normalized spacial score (nSPS) is 19.8. The van der Waals surface area contributed by atoms with E-state index in [1.807, 2.05) is 0 Å². The van der Waals surface area contributed by atoms with E-state index >= 15 is 19.2 Å². The summed E-state index contributed by atoms with van der Waals surface area (Å²) in [5.41, 5.74) is -3.68. The average molecular weight is 650 g/mol. The van der Waals surface area contributed by atoms with E-state index in [9.17, 15) is 20.2 Å². The molecule has 8 rings (SSSR count). The molecule has 1 fully saturated rings. The molecule has 0 radical (unpaired) electrons. The van der Waals surface area contributed by atoms with Crippen molar-refractivity contribution in [2.24, 2.45) is 5.41 Å². The SMILES string of the molecule is O=C1c2ccccc2C(=O)C12C(c1ccc([N+](=O)[O-])cc1)N(c1ccccc1)C1(C(=O)c3ccccc3C1=O)C2c1ccc([N+](=O)[O-])cc1. The molecule has 5 aromatic carbocycles. The summed E-state index contributed by atoms with van der Waals surface area (Å²) in [4.78, 5) is 84.8. The summed E-state index contributed by atoms with van der Waals surface area (Å²) >= 11 is 0. The number of rotatable bonds is 5. The molecule has 1 aliphatic heterocycles. The molecule has 3 aliphatic rings. The van der Waals surface area contributed by atoms with Gasteiger partial charge < -0.3 is 4.90 Å². The molecule has 0 N–H and O–H groups in total. The maximum atomic E-state index is 15.3. The number of hydrogen-bond acceptors (Lipinski definition) is 9. The standard InChI is InChI=1S/C38H23N3O8/c42-33-27-10-4-5-11-28(27)34(43)37(33)31(22-14-18-25(19-15-22)40(46)47)38(35(44)29-12-6-7-13-30(29)36(38)45)39(24-8-2-1-3-9-24)32(37)23-16-20-26(21-17-23)41(48)49/h1-21,31-32H. The van der Waals surface area contributed by atoms with Gasteiger partial charge in [0.25, 0.3) is 11.4 Å². The second-order valence-electron chi connectivity index (χ2n) is 12.3. The number of carbonyl (C=O) groups excluding carboxylic acids is 4. The van der Waals surface area contributed by atoms with Crippen LogP contribution in [0.15, 0.2) is 127 Å². The fourth-order valence-corrected chi connectivity index (χ4v) is 8.27. The molecular formula is C38H23N3O8. The van der Waals surface area contributed by atoms with Gasteiger partial charge in [-0.25, -0.2) is 0 Å². The Kier molecular flexibility index (Phi) is 6.34. The summed E-state index contributed by atoms with van der Waals surface area (Å²) in [6.07, 6.45) is 0. The average Bonchev–Trinajstić information content (AvgIpc) is 3.63. The lowest BCUT2D eigenvalue weighted by molar-refractivity contribution is -0.385. The van der Waals surface area contributed by atoms with E-state index in [1.165, 1.54) is 72.8 Å². The maximum Gasteiger partial charge on any atom is 0.269 e. The molecule has 2 aliphatic carbocycles. The molecule has 1 heterocycles. The highest BCUT2D eigenvalue weighted by molar-refractivity contribution is 6.39. The Morgan fingerprint density at radius 1 is 0.490 bits per heavy atom. The van der Waals surface area contributed by atoms with Gasteiger partial charge in [0.2, 0.25) is 0 Å². The molecule has 0 aromatic heterocycles. The van der Waals surface area contributed by atoms with Crippen LogP contribution in [0.5, 0.6) is 0 Å². The van der Waals surface area contributed by atoms with Gasteiger partial charge in [0.15, 0.2) is 28.7 Å². The minimum absolute atomic E-state index is 0.104. The number of carbonyl (C=O) groups is 4. The van der Waals surface area contributed by atoms with Gasteiger partial charge in [-0.3, -0.25) is 39.4 Å². The first kappa shape index (κ1) is 29.8. The molecule has 11 heteroatoms. The first-order chi connectivity index (χ1) is 23.6. The van der Waals surface area contributed by atoms with Crippen molar-refractivity contribution >= 4 is 40.2 Å². The Hall–Kier alpha value is -6.62. The van der Waals surface area contributed by atoms with Crippen molar-refractivity contribution in [1.82, 2.24) is 0 Å². The Balaban J connectivity index is 1.55. The fraction of sp³-hybridized carbons (Fsp3) is 0.105. The first-order valence-electron chi connectivity index (χ1n) is 15.4. The van der Waals surface area contributed by atoms with Crippen LogP contribution in [0.4, 0.5) is 17.1 Å². The van der Waals surface area contributed by atoms with E-state index in [4.69, 9.17) is 0 Å². The number of fused-ring (bicyclic) bond motifs is 2. The molecule has 238 valence electrons. The number of hydrogen-bond donors (Lipinski definition) is 0. The largest absolute Gasteiger partial charge is 0.343 e. The molecule has 0 amide bonds. The molecule has 11 nitrogen and oxygen atoms in total. The third kappa shape index (κ3) is 3.72. The Bertz CT molecular complexity index is 2210. The molecule has 5 aromatic rings. The van der Waals surface area contributed by atoms with E-state index in [-0.39, 0.29) is 44.8 Å². The second kappa shape index (κ2) is 10.4. The number of ketones is 4. The van der Waals surface area contributed by atoms with Crippen LogP contribution < -0.4 is 4.90 Å². The third-order valence-corrected chi connectivity index (χ3v) is 10.1. The van der Waals surface area contributed by atoms with Crippen LogP contribution in [-0.4, -0.2) is 38.5 Å². The predicted octanol–water partition coefficient (Wildman–Crippen LogP) is 6.73. The molecule has 1 saturated heterocycles. The minimum atomic E-state index is -2.24. The van der Waals surface area contributed by atoms with Crippen molar-refractivity contribution in [1.29, 1.82) is 0 Å². The van der Waals surface area contributed by atoms with Gasteiger partial charge in [-0.05, 0) is 23.3 Å². The zero-order valence-corrected chi connectivity index (χ0v) is 25.4. The molecule has 0 bridgehead atoms. The van der Waals surface area contributed by atoms with Crippen molar-refractivity contribution < 1.29 is 29.0 Å². The van der Waals surface area contributed by atoms with Gasteiger partial charge >= 0.3 is 0 Å². The zero-order chi connectivity index (χ0) is 34.2. The predicted molar refractivity (Wildman–Crippen MR) is 176 cm³/mol. The highest BCUT2D eigenvalue weighted by atomic mass is 16.6. The van der Waals surface area contributed by atoms with Crippen LogP contribution in [0.1, 0.15) is 64.5 Å². The Morgan fingerprint density at radius 2 is 0.878 bits per heavy atom. The van der Waals surface area contributed by atoms with Crippen molar-refractivity contribution in [2.45, 2.75) is 17.5 Å². The van der Waals surface area contributed by atoms with Crippen LogP contribution in [0, 0.1) is 25.6 Å². The zero-order valence-electron chi connectivity index (χ0n) is 25.4. The number of para-hydroxylation sites is 1. The lowest BCUT2D eigenvalue weighted by atomic mass is 9.60. The van der Waals surface area contributed by atoms with Crippen LogP contribution in [0.25, 0.3) is 0 Å². The number of non-ortho nitro benzene ring substituents is 2. The van der Waals surface area contributed by atoms with Crippen LogP contribution >= 0.6 is 0 Å². The van der Waals surface area contributed by atoms with Crippen molar-refractivity contribution in [2.75, 3.05) is 4.90 Å². The van der Waals surface area contributed by atoms with Gasteiger partial charge in [-0.15, -0.1) is 0 Å². The number of benzene rings is 5. The van der Waals surface area contributed by atoms with Crippen LogP contribution in [-0.2, 0) is 0 Å². The van der Waals surface area contributed by atoms with Gasteiger partial charge in [-0.1, -0.05) is 91.0 Å². The lowest BCUT2D eigenvalue weighted by Crippen LogP contribution is -2.57. The number of Topliss-reactive ketones (excluding diaryl/α,β-unsaturated/α-hetero) is 4. The van der Waals surface area contributed by atoms with Gasteiger partial charge in [0, 0.05) is 58.1 Å². The van der Waals surface area contributed by atoms with Crippen LogP contribution in [0.3, 0.4) is 0 Å². The monoisotopic (exact) mass is 649 g/mol. The summed E-state index contributed by atoms with van der Waals surface area (Å²) < 4.78 is 0. The van der Waals surface area contributed by atoms with E-state index in [2.05, 4.69) is 0 Å². The number of nitrogens with zero attached hydrogens (tertiary/aromatic N) is 3. The van der Waals surface area contributed by atoms with E-state index < -0.39 is 55.9 Å². The quantitative estimate of drug-likeness (QED) is 0.114. The molecule has 2 unspecified atom stereocenters. The van der Waals surface area contributed by atoms with E-state index in [1.54, 1.807) is 59.5 Å². The van der Waals surface area contributed by atoms with E-state index in [0.29, 0.717) is 5.69 Å². The molecule has 0 saturated carbocycles. The summed E-state index contributed by atoms with van der Waals surface area (Å²) in [5, 5.41) is 23.4. The lowest BCUT2D eigenvalue weighted by Gasteiger charge is -2.40. The molecule has 49 heavy (non-hydrogen) atoms. The Labute approximate surface area is 277 Å². The summed E-state index contributed by atoms with van der Waals surface area (Å²) in [6, 6.07) is 30.3. The van der Waals surface area contributed by atoms with Gasteiger partial charge in [-0.2, -0.15) is 0 Å². The van der Waals surface area contributed by atoms with Crippen molar-refractivity contribution in [3.63, 3.8) is 0 Å². The molecular weight excluding hydrogens is 626 g/mol. The first-order valence-corrected chi connectivity index (χ1v) is 15.4. The number of anilines is 1.